The highest BCUT2D eigenvalue weighted by molar-refractivity contribution is 5.75. The van der Waals surface area contributed by atoms with Gasteiger partial charge in [-0.3, -0.25) is 9.69 Å². The van der Waals surface area contributed by atoms with Gasteiger partial charge in [0.05, 0.1) is 6.54 Å². The molecule has 0 aromatic carbocycles. The summed E-state index contributed by atoms with van der Waals surface area (Å²) in [5.41, 5.74) is 5.25. The van der Waals surface area contributed by atoms with Crippen molar-refractivity contribution in [2.75, 3.05) is 19.6 Å². The van der Waals surface area contributed by atoms with Crippen LogP contribution in [0.5, 0.6) is 0 Å². The van der Waals surface area contributed by atoms with Crippen molar-refractivity contribution in [1.82, 2.24) is 10.2 Å². The van der Waals surface area contributed by atoms with E-state index in [1.807, 2.05) is 0 Å². The first-order chi connectivity index (χ1) is 9.67. The summed E-state index contributed by atoms with van der Waals surface area (Å²) in [6.07, 6.45) is 10.6. The Balaban J connectivity index is 1.68. The van der Waals surface area contributed by atoms with Gasteiger partial charge in [-0.15, -0.1) is 0 Å². The molecular formula is C16H31N3O. The second-order valence-electron chi connectivity index (χ2n) is 6.66. The third kappa shape index (κ3) is 5.06. The number of likely N-dealkylation sites (tertiary alicyclic amines) is 1. The Morgan fingerprint density at radius 3 is 2.45 bits per heavy atom. The van der Waals surface area contributed by atoms with Crippen molar-refractivity contribution in [3.05, 3.63) is 0 Å². The van der Waals surface area contributed by atoms with Gasteiger partial charge in [0.2, 0.25) is 5.91 Å². The fourth-order valence-corrected chi connectivity index (χ4v) is 3.76. The first-order valence-electron chi connectivity index (χ1n) is 8.44. The van der Waals surface area contributed by atoms with Crippen molar-refractivity contribution >= 4 is 5.91 Å². The Bertz CT molecular complexity index is 300. The quantitative estimate of drug-likeness (QED) is 0.757. The number of nitrogens with zero attached hydrogens (tertiary/aromatic N) is 1. The average molecular weight is 281 g/mol. The highest BCUT2D eigenvalue weighted by atomic mass is 16.1. The number of amides is 1. The van der Waals surface area contributed by atoms with Crippen LogP contribution in [0.15, 0.2) is 0 Å². The molecule has 4 heteroatoms. The molecule has 2 atom stereocenters. The summed E-state index contributed by atoms with van der Waals surface area (Å²) < 4.78 is 0. The molecule has 0 bridgehead atoms. The average Bonchev–Trinajstić information content (AvgIpc) is 2.65. The highest BCUT2D eigenvalue weighted by Crippen LogP contribution is 2.26. The zero-order valence-electron chi connectivity index (χ0n) is 12.9. The molecule has 2 aliphatic rings. The molecule has 2 unspecified atom stereocenters. The molecule has 0 aromatic rings. The van der Waals surface area contributed by atoms with Crippen molar-refractivity contribution in [2.24, 2.45) is 11.7 Å². The monoisotopic (exact) mass is 281 g/mol. The molecule has 1 amide bonds. The molecule has 2 rings (SSSR count). The number of rotatable bonds is 5. The Hall–Kier alpha value is -0.610. The van der Waals surface area contributed by atoms with Crippen LogP contribution in [0.3, 0.4) is 0 Å². The number of carbonyl (C=O) groups is 1. The van der Waals surface area contributed by atoms with E-state index in [2.05, 4.69) is 17.1 Å². The molecule has 1 aliphatic heterocycles. The Labute approximate surface area is 123 Å². The van der Waals surface area contributed by atoms with Crippen molar-refractivity contribution in [1.29, 1.82) is 0 Å². The summed E-state index contributed by atoms with van der Waals surface area (Å²) in [4.78, 5) is 13.1. The van der Waals surface area contributed by atoms with E-state index in [4.69, 9.17) is 5.73 Å². The summed E-state index contributed by atoms with van der Waals surface area (Å²) >= 11 is 0. The second-order valence-corrected chi connectivity index (χ2v) is 6.66. The van der Waals surface area contributed by atoms with Crippen LogP contribution >= 0.6 is 0 Å². The van der Waals surface area contributed by atoms with Gasteiger partial charge >= 0.3 is 0 Å². The van der Waals surface area contributed by atoms with Gasteiger partial charge in [0.1, 0.15) is 0 Å². The van der Waals surface area contributed by atoms with Crippen molar-refractivity contribution < 1.29 is 4.79 Å². The van der Waals surface area contributed by atoms with Crippen LogP contribution in [-0.2, 0) is 4.79 Å². The maximum atomic E-state index is 10.9. The first kappa shape index (κ1) is 15.8. The smallest absolute Gasteiger partial charge is 0.231 e. The number of primary amides is 1. The van der Waals surface area contributed by atoms with Gasteiger partial charge < -0.3 is 11.1 Å². The van der Waals surface area contributed by atoms with Crippen LogP contribution in [0.2, 0.25) is 0 Å². The standard InChI is InChI=1S/C16H31N3O/c1-2-13-4-3-5-14(7-6-13)18-15-8-10-19(11-9-15)12-16(17)20/h13-15,18H,2-12H2,1H3,(H2,17,20). The first-order valence-corrected chi connectivity index (χ1v) is 8.44. The lowest BCUT2D eigenvalue weighted by Gasteiger charge is -2.33. The maximum Gasteiger partial charge on any atom is 0.231 e. The van der Waals surface area contributed by atoms with Gasteiger partial charge in [0.15, 0.2) is 0 Å². The molecule has 3 N–H and O–H groups in total. The topological polar surface area (TPSA) is 58.4 Å². The lowest BCUT2D eigenvalue weighted by Crippen LogP contribution is -2.47. The zero-order valence-corrected chi connectivity index (χ0v) is 12.9. The lowest BCUT2D eigenvalue weighted by molar-refractivity contribution is -0.119. The Morgan fingerprint density at radius 2 is 1.80 bits per heavy atom. The van der Waals surface area contributed by atoms with E-state index in [9.17, 15) is 4.79 Å². The van der Waals surface area contributed by atoms with Crippen LogP contribution in [0.4, 0.5) is 0 Å². The van der Waals surface area contributed by atoms with Gasteiger partial charge in [0, 0.05) is 25.2 Å². The molecule has 1 saturated heterocycles. The minimum absolute atomic E-state index is 0.203. The predicted octanol–water partition coefficient (Wildman–Crippen LogP) is 1.88. The molecule has 0 spiro atoms. The fraction of sp³-hybridized carbons (Fsp3) is 0.938. The molecule has 1 heterocycles. The van der Waals surface area contributed by atoms with E-state index >= 15 is 0 Å². The Kier molecular flexibility index (Phi) is 6.30. The molecule has 0 aromatic heterocycles. The molecular weight excluding hydrogens is 250 g/mol. The van der Waals surface area contributed by atoms with E-state index in [-0.39, 0.29) is 5.91 Å². The van der Waals surface area contributed by atoms with Crippen LogP contribution in [0.25, 0.3) is 0 Å². The van der Waals surface area contributed by atoms with E-state index in [1.54, 1.807) is 0 Å². The van der Waals surface area contributed by atoms with Crippen molar-refractivity contribution in [3.63, 3.8) is 0 Å². The van der Waals surface area contributed by atoms with E-state index in [1.165, 1.54) is 38.5 Å². The lowest BCUT2D eigenvalue weighted by atomic mass is 9.97. The normalized spacial score (nSPS) is 30.1. The number of hydrogen-bond donors (Lipinski definition) is 2. The molecule has 116 valence electrons. The third-order valence-electron chi connectivity index (χ3n) is 5.10. The van der Waals surface area contributed by atoms with E-state index in [0.717, 1.165) is 37.9 Å². The second kappa shape index (κ2) is 7.99. The van der Waals surface area contributed by atoms with E-state index in [0.29, 0.717) is 12.6 Å². The van der Waals surface area contributed by atoms with Crippen molar-refractivity contribution in [3.8, 4) is 0 Å². The molecule has 20 heavy (non-hydrogen) atoms. The maximum absolute atomic E-state index is 10.9. The summed E-state index contributed by atoms with van der Waals surface area (Å²) in [5, 5.41) is 3.87. The van der Waals surface area contributed by atoms with Gasteiger partial charge in [0.25, 0.3) is 0 Å². The molecule has 4 nitrogen and oxygen atoms in total. The SMILES string of the molecule is CCC1CCCC(NC2CCN(CC(N)=O)CC2)CC1. The van der Waals surface area contributed by atoms with Gasteiger partial charge in [-0.1, -0.05) is 26.2 Å². The molecule has 2 fully saturated rings. The van der Waals surface area contributed by atoms with Gasteiger partial charge in [-0.2, -0.15) is 0 Å². The minimum Gasteiger partial charge on any atom is -0.369 e. The molecule has 1 saturated carbocycles. The number of hydrogen-bond acceptors (Lipinski definition) is 3. The molecule has 1 aliphatic carbocycles. The zero-order chi connectivity index (χ0) is 14.4. The molecule has 0 radical (unpaired) electrons. The minimum atomic E-state index is -0.203. The number of piperidine rings is 1. The summed E-state index contributed by atoms with van der Waals surface area (Å²) in [6.45, 7) is 4.76. The summed E-state index contributed by atoms with van der Waals surface area (Å²) in [6, 6.07) is 1.36. The van der Waals surface area contributed by atoms with Crippen LogP contribution in [-0.4, -0.2) is 42.5 Å². The van der Waals surface area contributed by atoms with Crippen LogP contribution in [0, 0.1) is 5.92 Å². The van der Waals surface area contributed by atoms with Gasteiger partial charge in [-0.05, 0) is 38.0 Å². The number of nitrogens with one attached hydrogen (secondary N) is 1. The summed E-state index contributed by atoms with van der Waals surface area (Å²) in [5.74, 6) is 0.755. The number of nitrogens with two attached hydrogens (primary N) is 1. The van der Waals surface area contributed by atoms with Crippen LogP contribution < -0.4 is 11.1 Å². The van der Waals surface area contributed by atoms with Crippen LogP contribution in [0.1, 0.15) is 58.3 Å². The van der Waals surface area contributed by atoms with Crippen molar-refractivity contribution in [2.45, 2.75) is 70.4 Å². The van der Waals surface area contributed by atoms with E-state index < -0.39 is 0 Å². The predicted molar refractivity (Wildman–Crippen MR) is 82.4 cm³/mol. The Morgan fingerprint density at radius 1 is 1.10 bits per heavy atom. The third-order valence-corrected chi connectivity index (χ3v) is 5.10. The van der Waals surface area contributed by atoms with Gasteiger partial charge in [-0.25, -0.2) is 0 Å². The fourth-order valence-electron chi connectivity index (χ4n) is 3.76. The largest absolute Gasteiger partial charge is 0.369 e. The summed E-state index contributed by atoms with van der Waals surface area (Å²) in [7, 11) is 0. The highest BCUT2D eigenvalue weighted by Gasteiger charge is 2.24. The number of carbonyl (C=O) groups excluding carboxylic acids is 1.